The lowest BCUT2D eigenvalue weighted by Crippen LogP contribution is -2.43. The average molecular weight is 460 g/mol. The summed E-state index contributed by atoms with van der Waals surface area (Å²) in [5, 5.41) is 21.8. The molecule has 0 radical (unpaired) electrons. The summed E-state index contributed by atoms with van der Waals surface area (Å²) in [5.41, 5.74) is 0.643. The van der Waals surface area contributed by atoms with E-state index < -0.39 is 41.0 Å². The molecule has 7 nitrogen and oxygen atoms in total. The predicted octanol–water partition coefficient (Wildman–Crippen LogP) is 3.33. The summed E-state index contributed by atoms with van der Waals surface area (Å²) >= 11 is 0. The van der Waals surface area contributed by atoms with Gasteiger partial charge < -0.3 is 15.7 Å². The number of benzene rings is 2. The number of nitrogens with zero attached hydrogens (tertiary/aromatic N) is 1. The summed E-state index contributed by atoms with van der Waals surface area (Å²) in [7, 11) is 0. The molecule has 0 saturated carbocycles. The number of hydrogen-bond acceptors (Lipinski definition) is 4. The molecule has 0 saturated heterocycles. The maximum Gasteiger partial charge on any atom is 0.254 e. The fraction of sp³-hybridized carbons (Fsp3) is 0.261. The second-order valence-electron chi connectivity index (χ2n) is 8.12. The van der Waals surface area contributed by atoms with Crippen molar-refractivity contribution >= 4 is 17.6 Å². The van der Waals surface area contributed by atoms with Crippen LogP contribution in [0.4, 0.5) is 19.0 Å². The van der Waals surface area contributed by atoms with E-state index >= 15 is 0 Å². The first-order valence-corrected chi connectivity index (χ1v) is 10.0. The third kappa shape index (κ3) is 5.58. The monoisotopic (exact) mass is 460 g/mol. The van der Waals surface area contributed by atoms with Gasteiger partial charge in [0.15, 0.2) is 11.9 Å². The lowest BCUT2D eigenvalue weighted by Gasteiger charge is -2.23. The molecular formula is C23H23F3N4O3. The molecule has 1 heterocycles. The van der Waals surface area contributed by atoms with E-state index in [4.69, 9.17) is 0 Å². The Bertz CT molecular complexity index is 1140. The van der Waals surface area contributed by atoms with E-state index in [2.05, 4.69) is 20.8 Å². The molecule has 2 aromatic carbocycles. The van der Waals surface area contributed by atoms with Crippen LogP contribution in [0.2, 0.25) is 0 Å². The zero-order valence-corrected chi connectivity index (χ0v) is 18.1. The molecule has 4 N–H and O–H groups in total. The smallest absolute Gasteiger partial charge is 0.254 e. The fourth-order valence-electron chi connectivity index (χ4n) is 3.20. The molecule has 3 rings (SSSR count). The molecular weight excluding hydrogens is 437 g/mol. The van der Waals surface area contributed by atoms with Gasteiger partial charge in [0.05, 0.1) is 0 Å². The Morgan fingerprint density at radius 1 is 0.970 bits per heavy atom. The van der Waals surface area contributed by atoms with Gasteiger partial charge in [0, 0.05) is 23.2 Å². The van der Waals surface area contributed by atoms with Crippen LogP contribution in [0.15, 0.2) is 48.5 Å². The standard InChI is InChI=1S/C23H23F3N4O3/c1-12(27-22(33)20(31)13-8-16(25)10-17(26)9-13)21(32)28-19-11-18(29-30-19)23(2,3)14-4-6-15(24)7-5-14/h4-12,20,31H,1-3H3,(H,27,33)(H2,28,29,30,32)/t12?,20-/m0/s1. The summed E-state index contributed by atoms with van der Waals surface area (Å²) in [4.78, 5) is 24.7. The molecule has 33 heavy (non-hydrogen) atoms. The van der Waals surface area contributed by atoms with Gasteiger partial charge in [0.25, 0.3) is 5.91 Å². The van der Waals surface area contributed by atoms with Gasteiger partial charge in [-0.3, -0.25) is 14.7 Å². The second kappa shape index (κ2) is 9.45. The zero-order valence-electron chi connectivity index (χ0n) is 18.1. The van der Waals surface area contributed by atoms with Crippen LogP contribution in [0.1, 0.15) is 43.7 Å². The van der Waals surface area contributed by atoms with Gasteiger partial charge in [-0.15, -0.1) is 0 Å². The van der Waals surface area contributed by atoms with Crippen molar-refractivity contribution in [3.8, 4) is 0 Å². The molecule has 1 unspecified atom stereocenters. The Kier molecular flexibility index (Phi) is 6.87. The van der Waals surface area contributed by atoms with Crippen LogP contribution >= 0.6 is 0 Å². The molecule has 2 amide bonds. The van der Waals surface area contributed by atoms with Gasteiger partial charge in [-0.1, -0.05) is 26.0 Å². The number of amides is 2. The van der Waals surface area contributed by atoms with Crippen molar-refractivity contribution in [2.75, 3.05) is 5.32 Å². The van der Waals surface area contributed by atoms with Crippen molar-refractivity contribution < 1.29 is 27.9 Å². The molecule has 10 heteroatoms. The van der Waals surface area contributed by atoms with Crippen molar-refractivity contribution in [3.63, 3.8) is 0 Å². The highest BCUT2D eigenvalue weighted by Crippen LogP contribution is 2.31. The number of carbonyl (C=O) groups is 2. The number of aliphatic hydroxyl groups excluding tert-OH is 1. The van der Waals surface area contributed by atoms with Crippen LogP contribution < -0.4 is 10.6 Å². The van der Waals surface area contributed by atoms with E-state index in [1.807, 2.05) is 13.8 Å². The lowest BCUT2D eigenvalue weighted by molar-refractivity contribution is -0.132. The first-order valence-electron chi connectivity index (χ1n) is 10.0. The van der Waals surface area contributed by atoms with Crippen molar-refractivity contribution in [3.05, 3.63) is 82.8 Å². The lowest BCUT2D eigenvalue weighted by atomic mass is 9.81. The van der Waals surface area contributed by atoms with Crippen LogP contribution in [0, 0.1) is 17.5 Å². The highest BCUT2D eigenvalue weighted by Gasteiger charge is 2.27. The van der Waals surface area contributed by atoms with Crippen molar-refractivity contribution in [2.24, 2.45) is 0 Å². The molecule has 0 spiro atoms. The molecule has 0 aliphatic rings. The highest BCUT2D eigenvalue weighted by molar-refractivity contribution is 5.97. The summed E-state index contributed by atoms with van der Waals surface area (Å²) in [6, 6.07) is 8.80. The number of aliphatic hydroxyl groups is 1. The Labute approximate surface area is 188 Å². The maximum absolute atomic E-state index is 13.3. The largest absolute Gasteiger partial charge is 0.378 e. The number of H-pyrrole nitrogens is 1. The van der Waals surface area contributed by atoms with E-state index in [9.17, 15) is 27.9 Å². The van der Waals surface area contributed by atoms with Crippen molar-refractivity contribution in [2.45, 2.75) is 38.3 Å². The first kappa shape index (κ1) is 24.0. The number of carbonyl (C=O) groups excluding carboxylic acids is 2. The highest BCUT2D eigenvalue weighted by atomic mass is 19.1. The number of halogens is 3. The summed E-state index contributed by atoms with van der Waals surface area (Å²) in [6.45, 7) is 5.18. The van der Waals surface area contributed by atoms with E-state index in [0.717, 1.165) is 17.7 Å². The Hall–Kier alpha value is -3.66. The Balaban J connectivity index is 1.63. The van der Waals surface area contributed by atoms with E-state index in [-0.39, 0.29) is 17.2 Å². The number of rotatable bonds is 7. The summed E-state index contributed by atoms with van der Waals surface area (Å²) < 4.78 is 39.9. The molecule has 174 valence electrons. The molecule has 0 aliphatic heterocycles. The van der Waals surface area contributed by atoms with E-state index in [1.54, 1.807) is 18.2 Å². The topological polar surface area (TPSA) is 107 Å². The zero-order chi connectivity index (χ0) is 24.3. The predicted molar refractivity (Wildman–Crippen MR) is 115 cm³/mol. The molecule has 0 bridgehead atoms. The number of aromatic nitrogens is 2. The summed E-state index contributed by atoms with van der Waals surface area (Å²) in [6.07, 6.45) is -1.86. The van der Waals surface area contributed by atoms with Crippen molar-refractivity contribution in [1.82, 2.24) is 15.5 Å². The fourth-order valence-corrected chi connectivity index (χ4v) is 3.20. The average Bonchev–Trinajstić information content (AvgIpc) is 3.22. The third-order valence-corrected chi connectivity index (χ3v) is 5.27. The van der Waals surface area contributed by atoms with Gasteiger partial charge in [0.1, 0.15) is 23.5 Å². The normalized spacial score (nSPS) is 13.3. The molecule has 0 aliphatic carbocycles. The third-order valence-electron chi connectivity index (χ3n) is 5.27. The maximum atomic E-state index is 13.3. The molecule has 0 fully saturated rings. The van der Waals surface area contributed by atoms with Crippen molar-refractivity contribution in [1.29, 1.82) is 0 Å². The molecule has 3 aromatic rings. The Morgan fingerprint density at radius 3 is 2.18 bits per heavy atom. The minimum atomic E-state index is -1.86. The number of nitrogens with one attached hydrogen (secondary N) is 3. The van der Waals surface area contributed by atoms with Gasteiger partial charge in [-0.25, -0.2) is 13.2 Å². The second-order valence-corrected chi connectivity index (χ2v) is 8.12. The number of hydrogen-bond donors (Lipinski definition) is 4. The minimum Gasteiger partial charge on any atom is -0.378 e. The van der Waals surface area contributed by atoms with Crippen LogP contribution in [-0.4, -0.2) is 33.2 Å². The van der Waals surface area contributed by atoms with E-state index in [0.29, 0.717) is 11.8 Å². The Morgan fingerprint density at radius 2 is 1.58 bits per heavy atom. The van der Waals surface area contributed by atoms with Crippen LogP contribution in [-0.2, 0) is 15.0 Å². The van der Waals surface area contributed by atoms with Gasteiger partial charge >= 0.3 is 0 Å². The quantitative estimate of drug-likeness (QED) is 0.434. The number of anilines is 1. The van der Waals surface area contributed by atoms with Crippen LogP contribution in [0.3, 0.4) is 0 Å². The summed E-state index contributed by atoms with van der Waals surface area (Å²) in [5.74, 6) is -3.67. The molecule has 2 atom stereocenters. The van der Waals surface area contributed by atoms with Crippen LogP contribution in [0.25, 0.3) is 0 Å². The van der Waals surface area contributed by atoms with Gasteiger partial charge in [-0.05, 0) is 42.3 Å². The molecule has 1 aromatic heterocycles. The minimum absolute atomic E-state index is 0.194. The SMILES string of the molecule is CC(NC(=O)[C@@H](O)c1cc(F)cc(F)c1)C(=O)Nc1cc(C(C)(C)c2ccc(F)cc2)[nH]n1. The van der Waals surface area contributed by atoms with Crippen LogP contribution in [0.5, 0.6) is 0 Å². The van der Waals surface area contributed by atoms with Gasteiger partial charge in [0.2, 0.25) is 5.91 Å². The first-order chi connectivity index (χ1) is 15.5. The van der Waals surface area contributed by atoms with E-state index in [1.165, 1.54) is 19.1 Å². The number of aromatic amines is 1. The van der Waals surface area contributed by atoms with Gasteiger partial charge in [-0.2, -0.15) is 5.10 Å².